The van der Waals surface area contributed by atoms with E-state index < -0.39 is 11.0 Å². The van der Waals surface area contributed by atoms with Gasteiger partial charge in [-0.15, -0.1) is 0 Å². The molecule has 0 bridgehead atoms. The first kappa shape index (κ1) is 30.7. The van der Waals surface area contributed by atoms with Crippen LogP contribution >= 0.6 is 0 Å². The molecule has 0 N–H and O–H groups in total. The van der Waals surface area contributed by atoms with Gasteiger partial charge in [0.15, 0.2) is 0 Å². The second-order valence-corrected chi connectivity index (χ2v) is 28.2. The van der Waals surface area contributed by atoms with E-state index >= 15 is 0 Å². The monoisotopic (exact) mass is 982 g/mol. The van der Waals surface area contributed by atoms with Crippen LogP contribution in [-0.2, 0) is 11.0 Å². The first-order valence-corrected chi connectivity index (χ1v) is 29.5. The Balaban J connectivity index is 1.04. The van der Waals surface area contributed by atoms with Gasteiger partial charge in [-0.05, 0) is 333 Å². The number of anilines is 1. The zero-order valence-electron chi connectivity index (χ0n) is 40.9. The fourth-order valence-corrected chi connectivity index (χ4v) is 27.3. The molecule has 0 fully saturated rings. The lowest BCUT2D eigenvalue weighted by atomic mass is 9.45. The molecule has 1 aromatic heterocycles. The molecule has 0 saturated carbocycles. The summed E-state index contributed by atoms with van der Waals surface area (Å²) in [7, 11) is 0. The molecule has 6 aliphatic carbocycles. The van der Waals surface area contributed by atoms with Crippen molar-refractivity contribution in [3.05, 3.63) is 112 Å². The van der Waals surface area contributed by atoms with Crippen molar-refractivity contribution in [2.24, 2.45) is 5.10 Å². The maximum absolute atomic E-state index is 6.67. The number of rotatable bonds is 3. The Morgan fingerprint density at radius 2 is 0.588 bits per heavy atom. The van der Waals surface area contributed by atoms with Crippen LogP contribution in [0.15, 0.2) is 78.0 Å². The van der Waals surface area contributed by atoms with Crippen LogP contribution in [0.25, 0.3) is 275 Å². The quantitative estimate of drug-likeness (QED) is 0.165. The largest absolute Gasteiger partial charge is 0.252 e. The third-order valence-electron chi connectivity index (χ3n) is 27.6. The summed E-state index contributed by atoms with van der Waals surface area (Å²) in [5, 5.41) is 96.2. The zero-order chi connectivity index (χ0) is 47.8. The van der Waals surface area contributed by atoms with E-state index in [1.54, 1.807) is 303 Å². The first-order chi connectivity index (χ1) is 39.9. The molecule has 29 aromatic rings. The van der Waals surface area contributed by atoms with Crippen LogP contribution in [0, 0.1) is 0 Å². The summed E-state index contributed by atoms with van der Waals surface area (Å²) in [6, 6.07) is 25.1. The second-order valence-electron chi connectivity index (χ2n) is 28.2. The molecule has 7 aliphatic rings. The fourth-order valence-electron chi connectivity index (χ4n) is 27.3. The summed E-state index contributed by atoms with van der Waals surface area (Å²) in [6.07, 6.45) is 2.09. The fraction of sp³-hybridized carbons (Fsp3) is 0.0526. The standard InChI is InChI=1S/C76H14N4/c1-3-7-13(8-4-1)79-15(11-12-77-79)74-75-70-62-54-44-34-26-18-16-17-20-24-22(18)30-38-32(24)42-36-28(20)29-21(17)25-23-19(16)27(26)35-41-31(23)39-33(25)43-37(29)47-46(36)58-52(42)60-50(38)56(48(54)40(30)34)64(70)66(60)72-68(58)69-59(47)53(43)61-51(39)57-49(41)55(45(35)44)63(62)71(75)65(57)67(61)73(69)76(72,75)80(78-74)14-9-5-2-6-10-14/h1-12,70,72H. The van der Waals surface area contributed by atoms with Gasteiger partial charge in [0.2, 0.25) is 0 Å². The van der Waals surface area contributed by atoms with Crippen molar-refractivity contribution < 1.29 is 0 Å². The minimum absolute atomic E-state index is 0.0391. The number of nitrogens with zero attached hydrogens (tertiary/aromatic N) is 4. The molecule has 4 nitrogen and oxygen atoms in total. The summed E-state index contributed by atoms with van der Waals surface area (Å²) in [4.78, 5) is 0. The van der Waals surface area contributed by atoms with Gasteiger partial charge in [0.1, 0.15) is 11.3 Å². The summed E-state index contributed by atoms with van der Waals surface area (Å²) in [5.74, 6) is 0.0809. The van der Waals surface area contributed by atoms with Crippen molar-refractivity contribution in [3.63, 3.8) is 0 Å². The Morgan fingerprint density at radius 1 is 0.275 bits per heavy atom. The van der Waals surface area contributed by atoms with Crippen LogP contribution in [-0.4, -0.2) is 15.5 Å². The zero-order valence-corrected chi connectivity index (χ0v) is 40.9. The average molecular weight is 983 g/mol. The molecule has 1 aliphatic heterocycles. The Labute approximate surface area is 438 Å². The molecular formula is C76H14N4. The molecule has 0 radical (unpaired) electrons. The van der Waals surface area contributed by atoms with E-state index in [2.05, 4.69) is 82.6 Å². The maximum atomic E-state index is 6.67. The van der Waals surface area contributed by atoms with Gasteiger partial charge in [0.05, 0.1) is 28.7 Å². The summed E-state index contributed by atoms with van der Waals surface area (Å²) in [6.45, 7) is 0. The van der Waals surface area contributed by atoms with Crippen molar-refractivity contribution in [2.45, 2.75) is 22.8 Å². The van der Waals surface area contributed by atoms with E-state index in [4.69, 9.17) is 10.2 Å². The normalized spacial score (nSPS) is 23.4. The van der Waals surface area contributed by atoms with Crippen LogP contribution in [0.5, 0.6) is 0 Å². The number of para-hydroxylation sites is 2. The molecule has 4 atom stereocenters. The molecule has 36 rings (SSSR count). The van der Waals surface area contributed by atoms with Crippen LogP contribution in [0.3, 0.4) is 0 Å². The van der Waals surface area contributed by atoms with Crippen molar-refractivity contribution in [2.75, 3.05) is 5.01 Å². The highest BCUT2D eigenvalue weighted by Gasteiger charge is 2.82. The molecular weight excluding hydrogens is 969 g/mol. The lowest BCUT2D eigenvalue weighted by molar-refractivity contribution is 0.243. The van der Waals surface area contributed by atoms with E-state index in [0.717, 1.165) is 11.4 Å². The maximum Gasteiger partial charge on any atom is 0.117 e. The lowest BCUT2D eigenvalue weighted by Crippen LogP contribution is -2.64. The van der Waals surface area contributed by atoms with Gasteiger partial charge in [-0.2, -0.15) is 10.2 Å². The van der Waals surface area contributed by atoms with E-state index in [0.29, 0.717) is 0 Å². The van der Waals surface area contributed by atoms with E-state index in [1.165, 1.54) is 11.4 Å². The minimum atomic E-state index is -0.643. The molecule has 0 amide bonds. The first-order valence-electron chi connectivity index (χ1n) is 29.5. The lowest BCUT2D eigenvalue weighted by Gasteiger charge is -2.58. The van der Waals surface area contributed by atoms with Crippen LogP contribution in [0.4, 0.5) is 5.69 Å². The molecule has 80 heavy (non-hydrogen) atoms. The van der Waals surface area contributed by atoms with Crippen LogP contribution in [0.2, 0.25) is 0 Å². The van der Waals surface area contributed by atoms with E-state index in [-0.39, 0.29) is 11.8 Å². The predicted octanol–water partition coefficient (Wildman–Crippen LogP) is 18.9. The van der Waals surface area contributed by atoms with Gasteiger partial charge >= 0.3 is 0 Å². The summed E-state index contributed by atoms with van der Waals surface area (Å²) in [5.41, 5.74) is 13.4. The van der Waals surface area contributed by atoms with Gasteiger partial charge in [0, 0.05) is 11.8 Å². The Kier molecular flexibility index (Phi) is 2.81. The van der Waals surface area contributed by atoms with E-state index in [1.807, 2.05) is 0 Å². The number of hydrogen-bond donors (Lipinski definition) is 0. The van der Waals surface area contributed by atoms with Gasteiger partial charge in [-0.25, -0.2) is 4.68 Å². The third kappa shape index (κ3) is 1.74. The highest BCUT2D eigenvalue weighted by Crippen LogP contribution is 2.89. The van der Waals surface area contributed by atoms with Crippen molar-refractivity contribution >= 4 is 281 Å². The molecule has 28 aromatic carbocycles. The average Bonchev–Trinajstić information content (AvgIpc) is 1.59. The number of benzene rings is 18. The van der Waals surface area contributed by atoms with Gasteiger partial charge in [0.25, 0.3) is 0 Å². The topological polar surface area (TPSA) is 33.4 Å². The number of hydrogen-bond acceptors (Lipinski definition) is 3. The molecule has 2 spiro atoms. The van der Waals surface area contributed by atoms with Crippen LogP contribution in [0.1, 0.15) is 50.9 Å². The van der Waals surface area contributed by atoms with Crippen molar-refractivity contribution in [3.8, 4) is 5.69 Å². The van der Waals surface area contributed by atoms with Crippen LogP contribution < -0.4 is 5.01 Å². The van der Waals surface area contributed by atoms with Gasteiger partial charge in [-0.1, -0.05) is 36.4 Å². The molecule has 2 heterocycles. The molecule has 4 unspecified atom stereocenters. The Hall–Kier alpha value is -10.2. The van der Waals surface area contributed by atoms with Crippen molar-refractivity contribution in [1.82, 2.24) is 9.78 Å². The molecule has 0 saturated heterocycles. The van der Waals surface area contributed by atoms with E-state index in [9.17, 15) is 0 Å². The van der Waals surface area contributed by atoms with Crippen molar-refractivity contribution in [1.29, 1.82) is 0 Å². The van der Waals surface area contributed by atoms with Gasteiger partial charge < -0.3 is 0 Å². The summed E-state index contributed by atoms with van der Waals surface area (Å²) < 4.78 is 2.29. The molecule has 4 heteroatoms. The van der Waals surface area contributed by atoms with Gasteiger partial charge in [-0.3, -0.25) is 5.01 Å². The SMILES string of the molecule is c1ccc(N2N=C(c3ccnn3-c3ccccc3)C34c5c6c7c8c9c%10c(c%11c%12c%13c%14c%15c%16c(c%17c5c5c%18c6c6c8c8c9c9c(c%10%12)c%10c%13c%12c%14c%13c%16c%14c%17c5c5c%16c%18c6c6c8c8c9c%10c9c%12c%10c%13c%14c5c5c%16c6c8c9c%105)C23C%11%15)C74)cc1. The Morgan fingerprint density at radius 3 is 1.02 bits per heavy atom. The summed E-state index contributed by atoms with van der Waals surface area (Å²) >= 11 is 0. The minimum Gasteiger partial charge on any atom is -0.252 e. The third-order valence-corrected chi connectivity index (χ3v) is 27.6. The second kappa shape index (κ2) is 7.33. The number of aromatic nitrogens is 2. The smallest absolute Gasteiger partial charge is 0.117 e. The highest BCUT2D eigenvalue weighted by molar-refractivity contribution is 6.81. The highest BCUT2D eigenvalue weighted by atomic mass is 15.5. The number of hydrazone groups is 1. The Bertz CT molecular complexity index is 8190. The molecule has 338 valence electrons. The predicted molar refractivity (Wildman–Crippen MR) is 330 cm³/mol.